The van der Waals surface area contributed by atoms with Crippen molar-refractivity contribution in [2.24, 2.45) is 5.41 Å². The number of carbonyl (C=O) groups excluding carboxylic acids is 3. The number of esters is 2. The maximum atomic E-state index is 12.9. The summed E-state index contributed by atoms with van der Waals surface area (Å²) in [4.78, 5) is 36.4. The number of ketones is 1. The molecule has 3 aromatic rings. The topological polar surface area (TPSA) is 116 Å². The first kappa shape index (κ1) is 37.3. The average molecular weight is 675 g/mol. The van der Waals surface area contributed by atoms with Gasteiger partial charge in [0.05, 0.1) is 45.2 Å². The number of ether oxygens (including phenoxy) is 7. The Morgan fingerprint density at radius 2 is 1.29 bits per heavy atom. The zero-order chi connectivity index (χ0) is 34.7. The molecule has 0 unspecified atom stereocenters. The van der Waals surface area contributed by atoms with E-state index in [0.717, 1.165) is 69.5 Å². The van der Waals surface area contributed by atoms with Crippen molar-refractivity contribution in [1.29, 1.82) is 0 Å². The lowest BCUT2D eigenvalue weighted by Crippen LogP contribution is -2.43. The van der Waals surface area contributed by atoms with Gasteiger partial charge in [0.1, 0.15) is 30.5 Å². The number of benzene rings is 3. The van der Waals surface area contributed by atoms with Gasteiger partial charge in [-0.15, -0.1) is 0 Å². The van der Waals surface area contributed by atoms with Gasteiger partial charge in [0.25, 0.3) is 0 Å². The second-order valence-corrected chi connectivity index (χ2v) is 12.1. The van der Waals surface area contributed by atoms with E-state index in [9.17, 15) is 14.4 Å². The lowest BCUT2D eigenvalue weighted by atomic mass is 9.90. The number of hydrogen-bond acceptors (Lipinski definition) is 10. The number of hydrogen-bond donors (Lipinski definition) is 0. The van der Waals surface area contributed by atoms with Crippen molar-refractivity contribution in [3.8, 4) is 17.2 Å². The highest BCUT2D eigenvalue weighted by Crippen LogP contribution is 2.26. The van der Waals surface area contributed by atoms with Crippen molar-refractivity contribution in [2.75, 3.05) is 59.5 Å². The second-order valence-electron chi connectivity index (χ2n) is 12.1. The van der Waals surface area contributed by atoms with E-state index in [1.807, 2.05) is 12.1 Å². The van der Waals surface area contributed by atoms with Crippen LogP contribution >= 0.6 is 0 Å². The molecule has 1 aliphatic heterocycles. The van der Waals surface area contributed by atoms with E-state index in [1.165, 1.54) is 0 Å². The summed E-state index contributed by atoms with van der Waals surface area (Å²) in [5.41, 5.74) is 1.99. The van der Waals surface area contributed by atoms with E-state index in [0.29, 0.717) is 42.4 Å². The first-order valence-corrected chi connectivity index (χ1v) is 16.7. The molecule has 0 radical (unpaired) electrons. The summed E-state index contributed by atoms with van der Waals surface area (Å²) < 4.78 is 38.1. The molecule has 3 aromatic carbocycles. The summed E-state index contributed by atoms with van der Waals surface area (Å²) in [5, 5.41) is 0. The predicted molar refractivity (Wildman–Crippen MR) is 183 cm³/mol. The third kappa shape index (κ3) is 13.5. The van der Waals surface area contributed by atoms with Crippen LogP contribution in [-0.4, -0.2) is 77.2 Å². The first-order chi connectivity index (χ1) is 23.8. The summed E-state index contributed by atoms with van der Waals surface area (Å²) in [6.07, 6.45) is 5.52. The minimum Gasteiger partial charge on any atom is -0.494 e. The van der Waals surface area contributed by atoms with Gasteiger partial charge in [0.2, 0.25) is 0 Å². The monoisotopic (exact) mass is 674 g/mol. The summed E-state index contributed by atoms with van der Waals surface area (Å²) in [7, 11) is 0. The van der Waals surface area contributed by atoms with Crippen LogP contribution < -0.4 is 14.2 Å². The van der Waals surface area contributed by atoms with Gasteiger partial charge in [-0.3, -0.25) is 4.79 Å². The van der Waals surface area contributed by atoms with Crippen molar-refractivity contribution in [2.45, 2.75) is 39.0 Å². The lowest BCUT2D eigenvalue weighted by molar-refractivity contribution is -0.139. The fourth-order valence-corrected chi connectivity index (χ4v) is 4.84. The van der Waals surface area contributed by atoms with Crippen LogP contribution in [0.2, 0.25) is 0 Å². The van der Waals surface area contributed by atoms with Crippen LogP contribution in [-0.2, 0) is 30.2 Å². The van der Waals surface area contributed by atoms with Crippen LogP contribution in [0.1, 0.15) is 58.9 Å². The van der Waals surface area contributed by atoms with E-state index in [4.69, 9.17) is 33.2 Å². The van der Waals surface area contributed by atoms with Crippen LogP contribution in [0.25, 0.3) is 0 Å². The highest BCUT2D eigenvalue weighted by atomic mass is 16.6. The highest BCUT2D eigenvalue weighted by Gasteiger charge is 2.33. The maximum absolute atomic E-state index is 12.9. The number of rotatable bonds is 23. The molecular formula is C39H46O10. The van der Waals surface area contributed by atoms with E-state index in [2.05, 4.69) is 13.5 Å². The van der Waals surface area contributed by atoms with Crippen LogP contribution in [0.3, 0.4) is 0 Å². The zero-order valence-corrected chi connectivity index (χ0v) is 28.2. The fraction of sp³-hybridized carbons (Fsp3) is 0.410. The molecule has 0 saturated carbocycles. The highest BCUT2D eigenvalue weighted by molar-refractivity contribution is 5.97. The molecule has 0 spiro atoms. The van der Waals surface area contributed by atoms with E-state index < -0.39 is 11.9 Å². The Kier molecular flexibility index (Phi) is 15.3. The van der Waals surface area contributed by atoms with Crippen molar-refractivity contribution < 1.29 is 47.5 Å². The smallest absolute Gasteiger partial charge is 0.343 e. The van der Waals surface area contributed by atoms with Crippen molar-refractivity contribution in [3.05, 3.63) is 102 Å². The SMILES string of the molecule is C=CC(=O)OCCOCCOc1ccc(C(=O)Oc2ccc(CC(=O)c3ccc(OCCCCCCOCC4(C)COC4)cc3)cc2)cc1. The van der Waals surface area contributed by atoms with E-state index in [-0.39, 0.29) is 30.8 Å². The Bertz CT molecular complexity index is 1460. The van der Waals surface area contributed by atoms with Gasteiger partial charge in [0, 0.05) is 30.1 Å². The molecule has 0 aromatic heterocycles. The Morgan fingerprint density at radius 1 is 0.694 bits per heavy atom. The summed E-state index contributed by atoms with van der Waals surface area (Å²) in [5.74, 6) is 0.678. The number of Topliss-reactive ketones (excluding diaryl/α,β-unsaturated/α-hetero) is 1. The van der Waals surface area contributed by atoms with Crippen molar-refractivity contribution in [1.82, 2.24) is 0 Å². The Morgan fingerprint density at radius 3 is 1.92 bits per heavy atom. The van der Waals surface area contributed by atoms with Gasteiger partial charge in [-0.25, -0.2) is 9.59 Å². The fourth-order valence-electron chi connectivity index (χ4n) is 4.84. The normalized spacial score (nSPS) is 13.2. The standard InChI is InChI=1S/C39H46O10/c1-3-37(41)48-25-23-43-22-24-47-34-18-12-32(13-19-34)38(42)49-35-14-8-30(9-15-35)26-36(40)31-10-16-33(17-11-31)46-21-7-5-4-6-20-44-27-39(2)28-45-29-39/h3,8-19H,1,4-7,20-29H2,2H3. The quantitative estimate of drug-likeness (QED) is 0.0366. The number of unbranched alkanes of at least 4 members (excludes halogenated alkanes) is 3. The van der Waals surface area contributed by atoms with Gasteiger partial charge in [-0.2, -0.15) is 0 Å². The Hall–Kier alpha value is -4.51. The molecule has 0 atom stereocenters. The molecule has 49 heavy (non-hydrogen) atoms. The van der Waals surface area contributed by atoms with Crippen LogP contribution in [0, 0.1) is 5.41 Å². The number of carbonyl (C=O) groups is 3. The van der Waals surface area contributed by atoms with Crippen LogP contribution in [0.4, 0.5) is 0 Å². The zero-order valence-electron chi connectivity index (χ0n) is 28.2. The minimum atomic E-state index is -0.509. The average Bonchev–Trinajstić information content (AvgIpc) is 3.10. The van der Waals surface area contributed by atoms with Gasteiger partial charge in [-0.1, -0.05) is 32.1 Å². The second kappa shape index (κ2) is 20.1. The molecule has 0 aliphatic carbocycles. The molecular weight excluding hydrogens is 628 g/mol. The molecule has 1 fully saturated rings. The van der Waals surface area contributed by atoms with Gasteiger partial charge >= 0.3 is 11.9 Å². The summed E-state index contributed by atoms with van der Waals surface area (Å²) in [6.45, 7) is 10.3. The summed E-state index contributed by atoms with van der Waals surface area (Å²) >= 11 is 0. The van der Waals surface area contributed by atoms with Crippen molar-refractivity contribution >= 4 is 17.7 Å². The van der Waals surface area contributed by atoms with Crippen molar-refractivity contribution in [3.63, 3.8) is 0 Å². The molecule has 0 amide bonds. The molecule has 1 aliphatic rings. The maximum Gasteiger partial charge on any atom is 0.343 e. The predicted octanol–water partition coefficient (Wildman–Crippen LogP) is 6.45. The van der Waals surface area contributed by atoms with Gasteiger partial charge in [-0.05, 0) is 85.5 Å². The van der Waals surface area contributed by atoms with Gasteiger partial charge < -0.3 is 33.2 Å². The Balaban J connectivity index is 1.08. The third-order valence-electron chi connectivity index (χ3n) is 7.70. The molecule has 10 heteroatoms. The first-order valence-electron chi connectivity index (χ1n) is 16.7. The third-order valence-corrected chi connectivity index (χ3v) is 7.70. The molecule has 262 valence electrons. The van der Waals surface area contributed by atoms with E-state index >= 15 is 0 Å². The van der Waals surface area contributed by atoms with E-state index in [1.54, 1.807) is 60.7 Å². The molecule has 0 N–H and O–H groups in total. The minimum absolute atomic E-state index is 0.0137. The molecule has 10 nitrogen and oxygen atoms in total. The Labute approximate surface area is 288 Å². The van der Waals surface area contributed by atoms with Gasteiger partial charge in [0.15, 0.2) is 5.78 Å². The molecule has 0 bridgehead atoms. The lowest BCUT2D eigenvalue weighted by Gasteiger charge is -2.37. The molecule has 1 heterocycles. The van der Waals surface area contributed by atoms with Crippen LogP contribution in [0.15, 0.2) is 85.5 Å². The molecule has 1 saturated heterocycles. The van der Waals surface area contributed by atoms with Crippen LogP contribution in [0.5, 0.6) is 17.2 Å². The molecule has 4 rings (SSSR count). The largest absolute Gasteiger partial charge is 0.494 e. The summed E-state index contributed by atoms with van der Waals surface area (Å²) in [6, 6.07) is 20.7.